The van der Waals surface area contributed by atoms with Gasteiger partial charge in [-0.1, -0.05) is 18.2 Å². The predicted molar refractivity (Wildman–Crippen MR) is 74.3 cm³/mol. The van der Waals surface area contributed by atoms with Crippen LogP contribution in [0.3, 0.4) is 0 Å². The predicted octanol–water partition coefficient (Wildman–Crippen LogP) is 3.68. The van der Waals surface area contributed by atoms with Crippen LogP contribution in [-0.2, 0) is 17.9 Å². The van der Waals surface area contributed by atoms with Gasteiger partial charge in [-0.25, -0.2) is 0 Å². The highest BCUT2D eigenvalue weighted by atomic mass is 32.1. The van der Waals surface area contributed by atoms with Gasteiger partial charge in [0.25, 0.3) is 0 Å². The third-order valence-electron chi connectivity index (χ3n) is 2.62. The van der Waals surface area contributed by atoms with Crippen molar-refractivity contribution in [3.63, 3.8) is 0 Å². The second-order valence-electron chi connectivity index (χ2n) is 5.11. The highest BCUT2D eigenvalue weighted by Crippen LogP contribution is 2.32. The summed E-state index contributed by atoms with van der Waals surface area (Å²) in [7, 11) is 0. The van der Waals surface area contributed by atoms with Crippen molar-refractivity contribution in [1.29, 1.82) is 0 Å². The first kappa shape index (κ1) is 12.6. The normalized spacial score (nSPS) is 12.2. The minimum absolute atomic E-state index is 0.116. The van der Waals surface area contributed by atoms with Crippen LogP contribution < -0.4 is 5.73 Å². The zero-order valence-electron chi connectivity index (χ0n) is 10.6. The Hall–Kier alpha value is -0.900. The molecule has 1 aromatic carbocycles. The Labute approximate surface area is 106 Å². The monoisotopic (exact) mass is 249 g/mol. The van der Waals surface area contributed by atoms with Crippen LogP contribution in [0.15, 0.2) is 24.3 Å². The Bertz CT molecular complexity index is 510. The van der Waals surface area contributed by atoms with Gasteiger partial charge in [-0.2, -0.15) is 0 Å². The molecule has 1 heterocycles. The molecule has 2 nitrogen and oxygen atoms in total. The molecule has 0 saturated heterocycles. The van der Waals surface area contributed by atoms with Crippen molar-refractivity contribution < 1.29 is 4.74 Å². The number of rotatable bonds is 3. The smallest absolute Gasteiger partial charge is 0.0741 e. The van der Waals surface area contributed by atoms with Gasteiger partial charge in [-0.3, -0.25) is 0 Å². The molecule has 17 heavy (non-hydrogen) atoms. The third-order valence-corrected chi connectivity index (χ3v) is 3.85. The van der Waals surface area contributed by atoms with E-state index in [9.17, 15) is 0 Å². The van der Waals surface area contributed by atoms with E-state index in [2.05, 4.69) is 45.0 Å². The Kier molecular flexibility index (Phi) is 3.52. The van der Waals surface area contributed by atoms with Crippen molar-refractivity contribution >= 4 is 21.4 Å². The number of hydrogen-bond donors (Lipinski definition) is 1. The first-order valence-electron chi connectivity index (χ1n) is 5.84. The van der Waals surface area contributed by atoms with E-state index in [1.807, 2.05) is 0 Å². The lowest BCUT2D eigenvalue weighted by Gasteiger charge is -2.19. The lowest BCUT2D eigenvalue weighted by molar-refractivity contribution is -0.0145. The molecule has 0 aliphatic rings. The molecule has 3 heteroatoms. The van der Waals surface area contributed by atoms with E-state index >= 15 is 0 Å². The van der Waals surface area contributed by atoms with Crippen molar-refractivity contribution in [2.75, 3.05) is 0 Å². The van der Waals surface area contributed by atoms with Gasteiger partial charge in [-0.05, 0) is 32.2 Å². The average Bonchev–Trinajstić information content (AvgIpc) is 2.63. The molecule has 1 aromatic heterocycles. The van der Waals surface area contributed by atoms with E-state index in [1.54, 1.807) is 11.3 Å². The molecule has 0 unspecified atom stereocenters. The third kappa shape index (κ3) is 2.86. The molecule has 0 radical (unpaired) electrons. The van der Waals surface area contributed by atoms with Crippen LogP contribution in [0, 0.1) is 0 Å². The molecule has 2 N–H and O–H groups in total. The van der Waals surface area contributed by atoms with Crippen molar-refractivity contribution in [1.82, 2.24) is 0 Å². The standard InChI is InChI=1S/C14H19NOS/c1-14(2,3)16-9-11-10-6-4-5-7-12(10)17-13(11)8-15/h4-7H,8-9,15H2,1-3H3. The molecule has 0 bridgehead atoms. The Morgan fingerprint density at radius 1 is 1.24 bits per heavy atom. The van der Waals surface area contributed by atoms with Crippen LogP contribution >= 0.6 is 11.3 Å². The minimum Gasteiger partial charge on any atom is -0.371 e. The fourth-order valence-electron chi connectivity index (χ4n) is 1.76. The van der Waals surface area contributed by atoms with Gasteiger partial charge in [0, 0.05) is 21.7 Å². The van der Waals surface area contributed by atoms with Gasteiger partial charge in [0.05, 0.1) is 12.2 Å². The fourth-order valence-corrected chi connectivity index (χ4v) is 2.85. The Morgan fingerprint density at radius 2 is 1.94 bits per heavy atom. The molecular weight excluding hydrogens is 230 g/mol. The van der Waals surface area contributed by atoms with E-state index in [-0.39, 0.29) is 5.60 Å². The lowest BCUT2D eigenvalue weighted by Crippen LogP contribution is -2.19. The molecule has 0 spiro atoms. The average molecular weight is 249 g/mol. The molecule has 0 fully saturated rings. The summed E-state index contributed by atoms with van der Waals surface area (Å²) in [6.07, 6.45) is 0. The summed E-state index contributed by atoms with van der Waals surface area (Å²) < 4.78 is 7.17. The second-order valence-corrected chi connectivity index (χ2v) is 6.24. The topological polar surface area (TPSA) is 35.2 Å². The molecule has 0 amide bonds. The van der Waals surface area contributed by atoms with E-state index in [0.29, 0.717) is 13.2 Å². The summed E-state index contributed by atoms with van der Waals surface area (Å²) >= 11 is 1.77. The first-order valence-corrected chi connectivity index (χ1v) is 6.66. The van der Waals surface area contributed by atoms with Crippen LogP contribution in [0.25, 0.3) is 10.1 Å². The zero-order chi connectivity index (χ0) is 12.5. The maximum atomic E-state index is 5.88. The van der Waals surface area contributed by atoms with E-state index in [1.165, 1.54) is 20.5 Å². The lowest BCUT2D eigenvalue weighted by atomic mass is 10.1. The minimum atomic E-state index is -0.116. The Balaban J connectivity index is 2.37. The van der Waals surface area contributed by atoms with Crippen LogP contribution in [0.1, 0.15) is 31.2 Å². The zero-order valence-corrected chi connectivity index (χ0v) is 11.4. The van der Waals surface area contributed by atoms with Crippen molar-refractivity contribution in [3.8, 4) is 0 Å². The maximum absolute atomic E-state index is 5.88. The number of ether oxygens (including phenoxy) is 1. The molecule has 0 saturated carbocycles. The van der Waals surface area contributed by atoms with Crippen LogP contribution in [0.2, 0.25) is 0 Å². The fraction of sp³-hybridized carbons (Fsp3) is 0.429. The number of benzene rings is 1. The number of fused-ring (bicyclic) bond motifs is 1. The molecular formula is C14H19NOS. The largest absolute Gasteiger partial charge is 0.371 e. The van der Waals surface area contributed by atoms with Gasteiger partial charge in [-0.15, -0.1) is 11.3 Å². The van der Waals surface area contributed by atoms with Crippen molar-refractivity contribution in [2.24, 2.45) is 5.73 Å². The summed E-state index contributed by atoms with van der Waals surface area (Å²) in [5, 5.41) is 1.28. The molecule has 0 atom stereocenters. The SMILES string of the molecule is CC(C)(C)OCc1c(CN)sc2ccccc12. The summed E-state index contributed by atoms with van der Waals surface area (Å²) in [6, 6.07) is 8.41. The number of thiophene rings is 1. The number of hydrogen-bond acceptors (Lipinski definition) is 3. The quantitative estimate of drug-likeness (QED) is 0.900. The van der Waals surface area contributed by atoms with E-state index in [4.69, 9.17) is 10.5 Å². The van der Waals surface area contributed by atoms with Gasteiger partial charge in [0.2, 0.25) is 0 Å². The van der Waals surface area contributed by atoms with Gasteiger partial charge < -0.3 is 10.5 Å². The van der Waals surface area contributed by atoms with Crippen LogP contribution in [0.4, 0.5) is 0 Å². The summed E-state index contributed by atoms with van der Waals surface area (Å²) in [5.41, 5.74) is 6.95. The second kappa shape index (κ2) is 4.77. The summed E-state index contributed by atoms with van der Waals surface area (Å²) in [6.45, 7) is 7.44. The van der Waals surface area contributed by atoms with Crippen LogP contribution in [-0.4, -0.2) is 5.60 Å². The molecule has 92 valence electrons. The first-order chi connectivity index (χ1) is 8.01. The molecule has 2 rings (SSSR count). The van der Waals surface area contributed by atoms with E-state index in [0.717, 1.165) is 0 Å². The molecule has 0 aliphatic heterocycles. The molecule has 2 aromatic rings. The Morgan fingerprint density at radius 3 is 2.59 bits per heavy atom. The van der Waals surface area contributed by atoms with Crippen LogP contribution in [0.5, 0.6) is 0 Å². The highest BCUT2D eigenvalue weighted by molar-refractivity contribution is 7.19. The van der Waals surface area contributed by atoms with Gasteiger partial charge in [0.15, 0.2) is 0 Å². The summed E-state index contributed by atoms with van der Waals surface area (Å²) in [5.74, 6) is 0. The van der Waals surface area contributed by atoms with E-state index < -0.39 is 0 Å². The van der Waals surface area contributed by atoms with Gasteiger partial charge in [0.1, 0.15) is 0 Å². The highest BCUT2D eigenvalue weighted by Gasteiger charge is 2.15. The van der Waals surface area contributed by atoms with Crippen molar-refractivity contribution in [2.45, 2.75) is 39.5 Å². The van der Waals surface area contributed by atoms with Gasteiger partial charge >= 0.3 is 0 Å². The summed E-state index contributed by atoms with van der Waals surface area (Å²) in [4.78, 5) is 1.23. The van der Waals surface area contributed by atoms with Crippen molar-refractivity contribution in [3.05, 3.63) is 34.7 Å². The molecule has 0 aliphatic carbocycles. The number of nitrogens with two attached hydrogens (primary N) is 1. The maximum Gasteiger partial charge on any atom is 0.0741 e.